The van der Waals surface area contributed by atoms with Crippen molar-refractivity contribution < 1.29 is 18.7 Å². The average Bonchev–Trinajstić information content (AvgIpc) is 2.87. The van der Waals surface area contributed by atoms with Gasteiger partial charge in [0.1, 0.15) is 18.2 Å². The predicted molar refractivity (Wildman–Crippen MR) is 84.1 cm³/mol. The van der Waals surface area contributed by atoms with Crippen molar-refractivity contribution in [2.45, 2.75) is 13.3 Å². The Bertz CT molecular complexity index is 710. The van der Waals surface area contributed by atoms with Gasteiger partial charge in [-0.25, -0.2) is 9.18 Å². The second kappa shape index (κ2) is 7.58. The molecule has 0 bridgehead atoms. The third-order valence-corrected chi connectivity index (χ3v) is 3.13. The largest absolute Gasteiger partial charge is 0.489 e. The summed E-state index contributed by atoms with van der Waals surface area (Å²) < 4.78 is 25.6. The zero-order valence-electron chi connectivity index (χ0n) is 13.2. The van der Waals surface area contributed by atoms with Crippen molar-refractivity contribution in [3.63, 3.8) is 0 Å². The first-order chi connectivity index (χ1) is 11.0. The summed E-state index contributed by atoms with van der Waals surface area (Å²) in [6, 6.07) is 4.28. The van der Waals surface area contributed by atoms with Crippen molar-refractivity contribution in [1.82, 2.24) is 9.78 Å². The van der Waals surface area contributed by atoms with E-state index in [1.54, 1.807) is 32.3 Å². The Labute approximate surface area is 134 Å². The van der Waals surface area contributed by atoms with Gasteiger partial charge in [0.25, 0.3) is 0 Å². The lowest BCUT2D eigenvalue weighted by Crippen LogP contribution is -2.09. The van der Waals surface area contributed by atoms with Crippen LogP contribution < -0.4 is 4.74 Å². The summed E-state index contributed by atoms with van der Waals surface area (Å²) in [5.74, 6) is -0.314. The second-order valence-corrected chi connectivity index (χ2v) is 4.93. The zero-order chi connectivity index (χ0) is 16.8. The highest BCUT2D eigenvalue weighted by molar-refractivity contribution is 5.89. The summed E-state index contributed by atoms with van der Waals surface area (Å²) in [5, 5.41) is 4.13. The Hall–Kier alpha value is -2.63. The van der Waals surface area contributed by atoms with Gasteiger partial charge in [-0.1, -0.05) is 12.7 Å². The fourth-order valence-electron chi connectivity index (χ4n) is 2.22. The number of carbonyl (C=O) groups is 1. The molecule has 0 amide bonds. The highest BCUT2D eigenvalue weighted by Gasteiger charge is 2.19. The highest BCUT2D eigenvalue weighted by Crippen LogP contribution is 2.24. The van der Waals surface area contributed by atoms with Crippen LogP contribution in [0.2, 0.25) is 0 Å². The van der Waals surface area contributed by atoms with Crippen LogP contribution in [0.15, 0.2) is 37.1 Å². The lowest BCUT2D eigenvalue weighted by atomic mass is 10.0. The van der Waals surface area contributed by atoms with Gasteiger partial charge in [-0.15, -0.1) is 0 Å². The van der Waals surface area contributed by atoms with Gasteiger partial charge < -0.3 is 9.47 Å². The third-order valence-electron chi connectivity index (χ3n) is 3.13. The molecule has 6 heteroatoms. The Morgan fingerprint density at radius 1 is 1.43 bits per heavy atom. The number of rotatable bonds is 7. The number of carbonyl (C=O) groups excluding carboxylic acids is 1. The van der Waals surface area contributed by atoms with Crippen molar-refractivity contribution in [2.24, 2.45) is 7.05 Å². The van der Waals surface area contributed by atoms with E-state index in [9.17, 15) is 9.18 Å². The van der Waals surface area contributed by atoms with Crippen LogP contribution >= 0.6 is 0 Å². The van der Waals surface area contributed by atoms with E-state index in [0.717, 1.165) is 0 Å². The van der Waals surface area contributed by atoms with Crippen molar-refractivity contribution >= 4 is 5.97 Å². The maximum Gasteiger partial charge on any atom is 0.359 e. The Morgan fingerprint density at radius 2 is 2.22 bits per heavy atom. The molecule has 0 spiro atoms. The second-order valence-electron chi connectivity index (χ2n) is 4.93. The highest BCUT2D eigenvalue weighted by atomic mass is 19.1. The van der Waals surface area contributed by atoms with Crippen molar-refractivity contribution in [3.05, 3.63) is 59.7 Å². The molecule has 0 N–H and O–H groups in total. The molecule has 0 saturated heterocycles. The molecular formula is C17H19FN2O3. The molecule has 0 fully saturated rings. The average molecular weight is 318 g/mol. The molecule has 0 radical (unpaired) electrons. The minimum absolute atomic E-state index is 0.230. The van der Waals surface area contributed by atoms with E-state index in [1.807, 2.05) is 0 Å². The molecule has 1 heterocycles. The molecule has 1 aromatic heterocycles. The molecule has 0 aliphatic rings. The minimum atomic E-state index is -0.493. The van der Waals surface area contributed by atoms with E-state index < -0.39 is 5.97 Å². The third kappa shape index (κ3) is 4.18. The topological polar surface area (TPSA) is 53.4 Å². The van der Waals surface area contributed by atoms with Gasteiger partial charge >= 0.3 is 5.97 Å². The van der Waals surface area contributed by atoms with E-state index in [1.165, 1.54) is 16.8 Å². The summed E-state index contributed by atoms with van der Waals surface area (Å²) in [5.41, 5.74) is 1.51. The van der Waals surface area contributed by atoms with Gasteiger partial charge in [-0.2, -0.15) is 5.10 Å². The van der Waals surface area contributed by atoms with Crippen LogP contribution in [0, 0.1) is 5.82 Å². The number of benzene rings is 1. The number of hydrogen-bond acceptors (Lipinski definition) is 4. The molecule has 0 unspecified atom stereocenters. The van der Waals surface area contributed by atoms with Crippen molar-refractivity contribution in [2.75, 3.05) is 13.2 Å². The van der Waals surface area contributed by atoms with Crippen LogP contribution in [0.1, 0.15) is 28.5 Å². The smallest absolute Gasteiger partial charge is 0.359 e. The van der Waals surface area contributed by atoms with E-state index in [2.05, 4.69) is 11.7 Å². The number of aryl methyl sites for hydroxylation is 1. The van der Waals surface area contributed by atoms with Crippen LogP contribution in [-0.2, 0) is 18.2 Å². The summed E-state index contributed by atoms with van der Waals surface area (Å²) in [7, 11) is 1.72. The standard InChI is InChI=1S/C17H19FN2O3/c1-4-8-23-15-7-6-14(18)10-12(15)9-13-11-20(3)19-16(13)17(21)22-5-2/h4,6-7,10-11H,1,5,8-9H2,2-3H3. The number of esters is 1. The van der Waals surface area contributed by atoms with E-state index in [4.69, 9.17) is 9.47 Å². The number of hydrogen-bond donors (Lipinski definition) is 0. The van der Waals surface area contributed by atoms with Crippen LogP contribution in [0.25, 0.3) is 0 Å². The van der Waals surface area contributed by atoms with Crippen LogP contribution in [0.3, 0.4) is 0 Å². The lowest BCUT2D eigenvalue weighted by molar-refractivity contribution is 0.0517. The Kier molecular flexibility index (Phi) is 5.51. The van der Waals surface area contributed by atoms with Gasteiger partial charge in [0.2, 0.25) is 0 Å². The lowest BCUT2D eigenvalue weighted by Gasteiger charge is -2.10. The SMILES string of the molecule is C=CCOc1ccc(F)cc1Cc1cn(C)nc1C(=O)OCC. The maximum absolute atomic E-state index is 13.6. The van der Waals surface area contributed by atoms with Gasteiger partial charge in [-0.3, -0.25) is 4.68 Å². The van der Waals surface area contributed by atoms with E-state index in [-0.39, 0.29) is 18.1 Å². The molecule has 2 rings (SSSR count). The molecule has 23 heavy (non-hydrogen) atoms. The number of nitrogens with zero attached hydrogens (tertiary/aromatic N) is 2. The Balaban J connectivity index is 2.33. The molecule has 122 valence electrons. The van der Waals surface area contributed by atoms with Crippen LogP contribution in [-0.4, -0.2) is 29.0 Å². The Morgan fingerprint density at radius 3 is 2.91 bits per heavy atom. The van der Waals surface area contributed by atoms with E-state index >= 15 is 0 Å². The summed E-state index contributed by atoms with van der Waals surface area (Å²) in [6.07, 6.45) is 3.64. The molecular weight excluding hydrogens is 299 g/mol. The van der Waals surface area contributed by atoms with Gasteiger partial charge in [0.15, 0.2) is 5.69 Å². The fourth-order valence-corrected chi connectivity index (χ4v) is 2.22. The molecule has 2 aromatic rings. The molecule has 1 aromatic carbocycles. The first kappa shape index (κ1) is 16.7. The summed E-state index contributed by atoms with van der Waals surface area (Å²) in [6.45, 7) is 5.91. The monoisotopic (exact) mass is 318 g/mol. The summed E-state index contributed by atoms with van der Waals surface area (Å²) in [4.78, 5) is 12.0. The van der Waals surface area contributed by atoms with E-state index in [0.29, 0.717) is 29.9 Å². The fraction of sp³-hybridized carbons (Fsp3) is 0.294. The molecule has 5 nitrogen and oxygen atoms in total. The van der Waals surface area contributed by atoms with Crippen LogP contribution in [0.5, 0.6) is 5.75 Å². The minimum Gasteiger partial charge on any atom is -0.489 e. The molecule has 0 aliphatic heterocycles. The number of aromatic nitrogens is 2. The number of halogens is 1. The van der Waals surface area contributed by atoms with Crippen molar-refractivity contribution in [3.8, 4) is 5.75 Å². The number of ether oxygens (including phenoxy) is 2. The van der Waals surface area contributed by atoms with Crippen molar-refractivity contribution in [1.29, 1.82) is 0 Å². The quantitative estimate of drug-likeness (QED) is 0.582. The van der Waals surface area contributed by atoms with Gasteiger partial charge in [0.05, 0.1) is 6.61 Å². The van der Waals surface area contributed by atoms with Crippen LogP contribution in [0.4, 0.5) is 4.39 Å². The predicted octanol–water partition coefficient (Wildman–Crippen LogP) is 2.89. The van der Waals surface area contributed by atoms with Gasteiger partial charge in [-0.05, 0) is 25.1 Å². The molecule has 0 saturated carbocycles. The zero-order valence-corrected chi connectivity index (χ0v) is 13.2. The van der Waals surface area contributed by atoms with Gasteiger partial charge in [0, 0.05) is 30.8 Å². The maximum atomic E-state index is 13.6. The summed E-state index contributed by atoms with van der Waals surface area (Å²) >= 11 is 0. The molecule has 0 atom stereocenters. The normalized spacial score (nSPS) is 10.4. The first-order valence-corrected chi connectivity index (χ1v) is 7.27. The first-order valence-electron chi connectivity index (χ1n) is 7.27. The molecule has 0 aliphatic carbocycles.